The van der Waals surface area contributed by atoms with E-state index in [0.29, 0.717) is 5.75 Å². The van der Waals surface area contributed by atoms with Crippen LogP contribution in [0, 0.1) is 0 Å². The second-order valence-electron chi connectivity index (χ2n) is 6.47. The standard InChI is InChI=1S/C17H26O4/c1-6-17(5,12-18)13-7-9-14(10-8-13)20-11-15(19)21-16(2,3)4/h7-10,18H,6,11-12H2,1-5H3. The molecule has 1 atom stereocenters. The van der Waals surface area contributed by atoms with Crippen molar-refractivity contribution in [3.63, 3.8) is 0 Å². The van der Waals surface area contributed by atoms with Crippen LogP contribution in [0.5, 0.6) is 5.75 Å². The minimum Gasteiger partial charge on any atom is -0.482 e. The molecule has 4 nitrogen and oxygen atoms in total. The number of benzene rings is 1. The lowest BCUT2D eigenvalue weighted by molar-refractivity contribution is -0.157. The van der Waals surface area contributed by atoms with E-state index in [9.17, 15) is 9.90 Å². The fraction of sp³-hybridized carbons (Fsp3) is 0.588. The lowest BCUT2D eigenvalue weighted by Gasteiger charge is -2.26. The molecule has 1 unspecified atom stereocenters. The molecule has 1 N–H and O–H groups in total. The molecule has 0 heterocycles. The number of hydrogen-bond donors (Lipinski definition) is 1. The van der Waals surface area contributed by atoms with E-state index in [1.54, 1.807) is 0 Å². The number of carbonyl (C=O) groups is 1. The molecule has 1 aromatic carbocycles. The van der Waals surface area contributed by atoms with Gasteiger partial charge in [0.15, 0.2) is 6.61 Å². The number of aliphatic hydroxyl groups excluding tert-OH is 1. The van der Waals surface area contributed by atoms with E-state index >= 15 is 0 Å². The molecular weight excluding hydrogens is 268 g/mol. The van der Waals surface area contributed by atoms with E-state index in [1.165, 1.54) is 0 Å². The highest BCUT2D eigenvalue weighted by Crippen LogP contribution is 2.28. The van der Waals surface area contributed by atoms with Crippen molar-refractivity contribution in [2.24, 2.45) is 0 Å². The van der Waals surface area contributed by atoms with Crippen molar-refractivity contribution in [1.82, 2.24) is 0 Å². The SMILES string of the molecule is CCC(C)(CO)c1ccc(OCC(=O)OC(C)(C)C)cc1. The molecule has 0 aliphatic rings. The molecule has 0 bridgehead atoms. The highest BCUT2D eigenvalue weighted by Gasteiger charge is 2.23. The van der Waals surface area contributed by atoms with Crippen LogP contribution in [-0.2, 0) is 14.9 Å². The monoisotopic (exact) mass is 294 g/mol. The van der Waals surface area contributed by atoms with Crippen molar-refractivity contribution in [2.45, 2.75) is 52.1 Å². The Bertz CT molecular complexity index is 453. The average Bonchev–Trinajstić information content (AvgIpc) is 2.43. The van der Waals surface area contributed by atoms with Gasteiger partial charge in [-0.05, 0) is 44.9 Å². The summed E-state index contributed by atoms with van der Waals surface area (Å²) >= 11 is 0. The Morgan fingerprint density at radius 1 is 1.14 bits per heavy atom. The van der Waals surface area contributed by atoms with E-state index in [0.717, 1.165) is 12.0 Å². The third-order valence-corrected chi connectivity index (χ3v) is 3.46. The van der Waals surface area contributed by atoms with E-state index in [4.69, 9.17) is 9.47 Å². The first-order valence-electron chi connectivity index (χ1n) is 7.26. The Morgan fingerprint density at radius 3 is 2.14 bits per heavy atom. The summed E-state index contributed by atoms with van der Waals surface area (Å²) in [6.07, 6.45) is 0.849. The topological polar surface area (TPSA) is 55.8 Å². The fourth-order valence-electron chi connectivity index (χ4n) is 1.87. The van der Waals surface area contributed by atoms with Crippen LogP contribution < -0.4 is 4.74 Å². The van der Waals surface area contributed by atoms with Crippen molar-refractivity contribution in [1.29, 1.82) is 0 Å². The first-order chi connectivity index (χ1) is 9.70. The smallest absolute Gasteiger partial charge is 0.344 e. The summed E-state index contributed by atoms with van der Waals surface area (Å²) < 4.78 is 10.6. The second kappa shape index (κ2) is 6.94. The summed E-state index contributed by atoms with van der Waals surface area (Å²) in [7, 11) is 0. The Balaban J connectivity index is 2.62. The molecule has 0 fully saturated rings. The molecule has 0 aliphatic carbocycles. The molecule has 0 saturated heterocycles. The van der Waals surface area contributed by atoms with Crippen LogP contribution in [0.2, 0.25) is 0 Å². The van der Waals surface area contributed by atoms with Gasteiger partial charge in [-0.1, -0.05) is 26.0 Å². The van der Waals surface area contributed by atoms with Gasteiger partial charge in [0.25, 0.3) is 0 Å². The van der Waals surface area contributed by atoms with Crippen molar-refractivity contribution < 1.29 is 19.4 Å². The van der Waals surface area contributed by atoms with Gasteiger partial charge in [0.05, 0.1) is 6.61 Å². The highest BCUT2D eigenvalue weighted by atomic mass is 16.6. The quantitative estimate of drug-likeness (QED) is 0.819. The van der Waals surface area contributed by atoms with Crippen LogP contribution in [0.25, 0.3) is 0 Å². The van der Waals surface area contributed by atoms with Gasteiger partial charge >= 0.3 is 5.97 Å². The summed E-state index contributed by atoms with van der Waals surface area (Å²) in [5.74, 6) is 0.223. The van der Waals surface area contributed by atoms with E-state index in [2.05, 4.69) is 0 Å². The Morgan fingerprint density at radius 2 is 1.71 bits per heavy atom. The zero-order valence-electron chi connectivity index (χ0n) is 13.6. The molecule has 118 valence electrons. The Kier molecular flexibility index (Phi) is 5.78. The van der Waals surface area contributed by atoms with Gasteiger partial charge in [-0.2, -0.15) is 0 Å². The lowest BCUT2D eigenvalue weighted by Crippen LogP contribution is -2.27. The van der Waals surface area contributed by atoms with Crippen molar-refractivity contribution >= 4 is 5.97 Å². The van der Waals surface area contributed by atoms with Gasteiger partial charge in [-0.3, -0.25) is 0 Å². The molecular formula is C17H26O4. The minimum atomic E-state index is -0.506. The maximum atomic E-state index is 11.6. The third-order valence-electron chi connectivity index (χ3n) is 3.46. The van der Waals surface area contributed by atoms with E-state index < -0.39 is 5.60 Å². The van der Waals surface area contributed by atoms with Crippen LogP contribution in [-0.4, -0.2) is 29.9 Å². The summed E-state index contributed by atoms with van der Waals surface area (Å²) in [4.78, 5) is 11.6. The Hall–Kier alpha value is -1.55. The first-order valence-corrected chi connectivity index (χ1v) is 7.26. The largest absolute Gasteiger partial charge is 0.482 e. The molecule has 4 heteroatoms. The minimum absolute atomic E-state index is 0.0988. The number of ether oxygens (including phenoxy) is 2. The summed E-state index contributed by atoms with van der Waals surface area (Å²) in [6, 6.07) is 7.46. The van der Waals surface area contributed by atoms with Gasteiger partial charge in [0, 0.05) is 5.41 Å². The molecule has 21 heavy (non-hydrogen) atoms. The number of hydrogen-bond acceptors (Lipinski definition) is 4. The third kappa shape index (κ3) is 5.38. The van der Waals surface area contributed by atoms with Crippen molar-refractivity contribution in [3.05, 3.63) is 29.8 Å². The van der Waals surface area contributed by atoms with Gasteiger partial charge in [-0.15, -0.1) is 0 Å². The fourth-order valence-corrected chi connectivity index (χ4v) is 1.87. The van der Waals surface area contributed by atoms with Crippen LogP contribution in [0.1, 0.15) is 46.6 Å². The second-order valence-corrected chi connectivity index (χ2v) is 6.47. The summed E-state index contributed by atoms with van der Waals surface area (Å²) in [6.45, 7) is 9.51. The Labute approximate surface area is 127 Å². The average molecular weight is 294 g/mol. The molecule has 0 aliphatic heterocycles. The predicted molar refractivity (Wildman–Crippen MR) is 82.5 cm³/mol. The highest BCUT2D eigenvalue weighted by molar-refractivity contribution is 5.71. The van der Waals surface area contributed by atoms with Crippen LogP contribution in [0.4, 0.5) is 0 Å². The maximum absolute atomic E-state index is 11.6. The molecule has 1 rings (SSSR count). The van der Waals surface area contributed by atoms with Crippen LogP contribution in [0.3, 0.4) is 0 Å². The van der Waals surface area contributed by atoms with Crippen LogP contribution in [0.15, 0.2) is 24.3 Å². The molecule has 0 radical (unpaired) electrons. The summed E-state index contributed by atoms with van der Waals surface area (Å²) in [5.41, 5.74) is 0.301. The predicted octanol–water partition coefficient (Wildman–Crippen LogP) is 3.07. The molecule has 0 amide bonds. The molecule has 0 spiro atoms. The number of carbonyl (C=O) groups excluding carboxylic acids is 1. The summed E-state index contributed by atoms with van der Waals surface area (Å²) in [5, 5.41) is 9.50. The van der Waals surface area contributed by atoms with Crippen molar-refractivity contribution in [3.8, 4) is 5.75 Å². The number of aliphatic hydroxyl groups is 1. The van der Waals surface area contributed by atoms with Crippen LogP contribution >= 0.6 is 0 Å². The number of rotatable bonds is 6. The molecule has 0 saturated carbocycles. The molecule has 1 aromatic rings. The molecule has 0 aromatic heterocycles. The zero-order chi connectivity index (χ0) is 16.1. The lowest BCUT2D eigenvalue weighted by atomic mass is 9.81. The maximum Gasteiger partial charge on any atom is 0.344 e. The number of esters is 1. The van der Waals surface area contributed by atoms with Gasteiger partial charge < -0.3 is 14.6 Å². The van der Waals surface area contributed by atoms with Crippen molar-refractivity contribution in [2.75, 3.05) is 13.2 Å². The normalized spacial score (nSPS) is 14.4. The van der Waals surface area contributed by atoms with E-state index in [-0.39, 0.29) is 24.6 Å². The van der Waals surface area contributed by atoms with E-state index in [1.807, 2.05) is 58.9 Å². The zero-order valence-corrected chi connectivity index (χ0v) is 13.6. The van der Waals surface area contributed by atoms with Gasteiger partial charge in [-0.25, -0.2) is 4.79 Å². The van der Waals surface area contributed by atoms with Gasteiger partial charge in [0.1, 0.15) is 11.4 Å². The first kappa shape index (κ1) is 17.5. The van der Waals surface area contributed by atoms with Gasteiger partial charge in [0.2, 0.25) is 0 Å².